The maximum Gasteiger partial charge on any atom is 0.416 e. The number of carbonyl (C=O) groups is 2. The van der Waals surface area contributed by atoms with E-state index < -0.39 is 29.6 Å². The number of alkyl halides is 3. The first-order valence-corrected chi connectivity index (χ1v) is 10.6. The van der Waals surface area contributed by atoms with Gasteiger partial charge in [0.2, 0.25) is 5.91 Å². The molecule has 1 aliphatic heterocycles. The summed E-state index contributed by atoms with van der Waals surface area (Å²) in [5.41, 5.74) is 1.01. The van der Waals surface area contributed by atoms with Gasteiger partial charge < -0.3 is 5.32 Å². The van der Waals surface area contributed by atoms with Crippen molar-refractivity contribution in [3.05, 3.63) is 71.3 Å². The van der Waals surface area contributed by atoms with Crippen molar-refractivity contribution in [2.24, 2.45) is 11.8 Å². The van der Waals surface area contributed by atoms with Crippen LogP contribution >= 0.6 is 0 Å². The van der Waals surface area contributed by atoms with Crippen LogP contribution in [0.4, 0.5) is 18.0 Å². The maximum absolute atomic E-state index is 13.1. The second-order valence-corrected chi connectivity index (χ2v) is 8.52. The highest BCUT2D eigenvalue weighted by molar-refractivity contribution is 5.98. The van der Waals surface area contributed by atoms with E-state index in [9.17, 15) is 22.8 Å². The predicted molar refractivity (Wildman–Crippen MR) is 110 cm³/mol. The first kappa shape index (κ1) is 21.4. The lowest BCUT2D eigenvalue weighted by atomic mass is 9.71. The van der Waals surface area contributed by atoms with E-state index in [-0.39, 0.29) is 18.4 Å². The Labute approximate surface area is 179 Å². The molecule has 1 saturated heterocycles. The van der Waals surface area contributed by atoms with Crippen molar-refractivity contribution >= 4 is 11.9 Å². The number of amides is 3. The molecule has 2 aromatic carbocycles. The fraction of sp³-hybridized carbons (Fsp3) is 0.417. The fourth-order valence-electron chi connectivity index (χ4n) is 4.99. The summed E-state index contributed by atoms with van der Waals surface area (Å²) >= 11 is 0. The smallest absolute Gasteiger partial charge is 0.334 e. The molecule has 4 rings (SSSR count). The highest BCUT2D eigenvalue weighted by atomic mass is 19.4. The van der Waals surface area contributed by atoms with Gasteiger partial charge in [-0.2, -0.15) is 13.2 Å². The first-order valence-electron chi connectivity index (χ1n) is 10.6. The molecule has 1 heterocycles. The Morgan fingerprint density at radius 1 is 0.903 bits per heavy atom. The van der Waals surface area contributed by atoms with Crippen LogP contribution in [0.15, 0.2) is 54.6 Å². The number of nitrogens with one attached hydrogen (secondary N) is 2. The van der Waals surface area contributed by atoms with Crippen molar-refractivity contribution in [2.75, 3.05) is 0 Å². The van der Waals surface area contributed by atoms with Gasteiger partial charge >= 0.3 is 12.2 Å². The molecule has 164 valence electrons. The fourth-order valence-corrected chi connectivity index (χ4v) is 4.99. The van der Waals surface area contributed by atoms with Crippen molar-refractivity contribution in [1.29, 1.82) is 0 Å². The number of hydrogen-bond acceptors (Lipinski definition) is 2. The SMILES string of the molecule is O=C1NC(=O)C(Cc2cccc(C(F)(F)F)c2)C(C2CCC(c3ccccc3)CC2)N1. The van der Waals surface area contributed by atoms with Crippen LogP contribution in [0.3, 0.4) is 0 Å². The van der Waals surface area contributed by atoms with Gasteiger partial charge in [0, 0.05) is 6.04 Å². The van der Waals surface area contributed by atoms with Gasteiger partial charge in [-0.1, -0.05) is 48.5 Å². The normalized spacial score (nSPS) is 26.8. The molecule has 2 N–H and O–H groups in total. The molecule has 2 fully saturated rings. The molecule has 4 nitrogen and oxygen atoms in total. The Bertz CT molecular complexity index is 937. The number of benzene rings is 2. The Kier molecular flexibility index (Phi) is 6.03. The zero-order chi connectivity index (χ0) is 22.0. The second kappa shape index (κ2) is 8.73. The summed E-state index contributed by atoms with van der Waals surface area (Å²) in [4.78, 5) is 24.6. The van der Waals surface area contributed by atoms with Crippen LogP contribution in [0.25, 0.3) is 0 Å². The molecule has 0 bridgehead atoms. The van der Waals surface area contributed by atoms with Gasteiger partial charge in [0.05, 0.1) is 11.5 Å². The van der Waals surface area contributed by atoms with E-state index in [2.05, 4.69) is 22.8 Å². The van der Waals surface area contributed by atoms with Gasteiger partial charge in [0.25, 0.3) is 0 Å². The third-order valence-electron chi connectivity index (χ3n) is 6.57. The summed E-state index contributed by atoms with van der Waals surface area (Å²) in [5, 5.41) is 5.18. The summed E-state index contributed by atoms with van der Waals surface area (Å²) in [6.07, 6.45) is -0.654. The lowest BCUT2D eigenvalue weighted by Crippen LogP contribution is -2.61. The van der Waals surface area contributed by atoms with E-state index in [1.807, 2.05) is 18.2 Å². The molecule has 31 heavy (non-hydrogen) atoms. The van der Waals surface area contributed by atoms with Crippen molar-refractivity contribution in [1.82, 2.24) is 10.6 Å². The third-order valence-corrected chi connectivity index (χ3v) is 6.57. The van der Waals surface area contributed by atoms with E-state index >= 15 is 0 Å². The van der Waals surface area contributed by atoms with Crippen LogP contribution in [0.1, 0.15) is 48.3 Å². The van der Waals surface area contributed by atoms with Crippen LogP contribution in [0, 0.1) is 11.8 Å². The van der Waals surface area contributed by atoms with E-state index in [0.29, 0.717) is 11.5 Å². The highest BCUT2D eigenvalue weighted by Gasteiger charge is 2.41. The topological polar surface area (TPSA) is 58.2 Å². The molecule has 0 aromatic heterocycles. The summed E-state index contributed by atoms with van der Waals surface area (Å²) in [7, 11) is 0. The second-order valence-electron chi connectivity index (χ2n) is 8.52. The molecule has 2 atom stereocenters. The molecular formula is C24H25F3N2O2. The van der Waals surface area contributed by atoms with E-state index in [1.54, 1.807) is 6.07 Å². The summed E-state index contributed by atoms with van der Waals surface area (Å²) < 4.78 is 39.2. The lowest BCUT2D eigenvalue weighted by Gasteiger charge is -2.40. The molecule has 2 unspecified atom stereocenters. The minimum Gasteiger partial charge on any atom is -0.334 e. The Morgan fingerprint density at radius 3 is 2.29 bits per heavy atom. The number of hydrogen-bond donors (Lipinski definition) is 2. The van der Waals surface area contributed by atoms with Gasteiger partial charge in [-0.25, -0.2) is 4.79 Å². The molecule has 1 aliphatic carbocycles. The summed E-state index contributed by atoms with van der Waals surface area (Å²) in [6, 6.07) is 14.4. The minimum atomic E-state index is -4.44. The van der Waals surface area contributed by atoms with Gasteiger partial charge in [-0.15, -0.1) is 0 Å². The zero-order valence-electron chi connectivity index (χ0n) is 17.0. The molecule has 0 radical (unpaired) electrons. The first-order chi connectivity index (χ1) is 14.8. The average Bonchev–Trinajstić information content (AvgIpc) is 2.76. The Morgan fingerprint density at radius 2 is 1.61 bits per heavy atom. The van der Waals surface area contributed by atoms with Crippen molar-refractivity contribution < 1.29 is 22.8 Å². The number of rotatable bonds is 4. The van der Waals surface area contributed by atoms with Crippen molar-refractivity contribution in [3.63, 3.8) is 0 Å². The van der Waals surface area contributed by atoms with E-state index in [4.69, 9.17) is 0 Å². The number of halogens is 3. The molecule has 2 aromatic rings. The number of imide groups is 1. The molecule has 2 aliphatic rings. The molecule has 3 amide bonds. The predicted octanol–water partition coefficient (Wildman–Crippen LogP) is 5.05. The number of urea groups is 1. The molecule has 1 saturated carbocycles. The Balaban J connectivity index is 1.49. The van der Waals surface area contributed by atoms with Crippen molar-refractivity contribution in [3.8, 4) is 0 Å². The van der Waals surface area contributed by atoms with Crippen LogP contribution in [-0.2, 0) is 17.4 Å². The summed E-state index contributed by atoms with van der Waals surface area (Å²) in [6.45, 7) is 0. The monoisotopic (exact) mass is 430 g/mol. The van der Waals surface area contributed by atoms with Crippen LogP contribution in [0.2, 0.25) is 0 Å². The average molecular weight is 430 g/mol. The van der Waals surface area contributed by atoms with Crippen LogP contribution in [-0.4, -0.2) is 18.0 Å². The van der Waals surface area contributed by atoms with E-state index in [0.717, 1.165) is 37.8 Å². The van der Waals surface area contributed by atoms with Crippen molar-refractivity contribution in [2.45, 2.75) is 50.2 Å². The van der Waals surface area contributed by atoms with Gasteiger partial charge in [0.15, 0.2) is 0 Å². The maximum atomic E-state index is 13.1. The van der Waals surface area contributed by atoms with Crippen LogP contribution < -0.4 is 10.6 Å². The third kappa shape index (κ3) is 4.92. The Hall–Kier alpha value is -2.83. The highest BCUT2D eigenvalue weighted by Crippen LogP contribution is 2.39. The molecule has 0 spiro atoms. The molecular weight excluding hydrogens is 405 g/mol. The minimum absolute atomic E-state index is 0.116. The van der Waals surface area contributed by atoms with E-state index in [1.165, 1.54) is 11.6 Å². The molecule has 7 heteroatoms. The van der Waals surface area contributed by atoms with Gasteiger partial charge in [0.1, 0.15) is 0 Å². The van der Waals surface area contributed by atoms with Gasteiger partial charge in [-0.05, 0) is 61.1 Å². The quantitative estimate of drug-likeness (QED) is 0.714. The number of carbonyl (C=O) groups excluding carboxylic acids is 2. The largest absolute Gasteiger partial charge is 0.416 e. The standard InChI is InChI=1S/C24H25F3N2O2/c25-24(26,27)19-8-4-5-15(13-19)14-20-21(28-23(31)29-22(20)30)18-11-9-17(10-12-18)16-6-2-1-3-7-16/h1-8,13,17-18,20-21H,9-12,14H2,(H2,28,29,30,31). The van der Waals surface area contributed by atoms with Crippen LogP contribution in [0.5, 0.6) is 0 Å². The summed E-state index contributed by atoms with van der Waals surface area (Å²) in [5.74, 6) is -0.450. The zero-order valence-corrected chi connectivity index (χ0v) is 17.0. The lowest BCUT2D eigenvalue weighted by molar-refractivity contribution is -0.137. The van der Waals surface area contributed by atoms with Gasteiger partial charge in [-0.3, -0.25) is 10.1 Å².